The molecule has 0 amide bonds. The molecular weight excluding hydrogens is 598 g/mol. The van der Waals surface area contributed by atoms with E-state index in [-0.39, 0.29) is 18.7 Å². The number of likely N-dealkylation sites (tertiary alicyclic amines) is 1. The van der Waals surface area contributed by atoms with Gasteiger partial charge in [0.05, 0.1) is 51.7 Å². The SMILES string of the molecule is OC[C@H]1[C@H](OCc2ccccc2)[C@@H](OCc2ccccc2)[C@H](OCc2ccccc2)[C@H](COCc2ccccc2)N1Cc1ccccc1. The predicted molar refractivity (Wildman–Crippen MR) is 188 cm³/mol. The van der Waals surface area contributed by atoms with Crippen molar-refractivity contribution < 1.29 is 24.1 Å². The number of rotatable bonds is 16. The lowest BCUT2D eigenvalue weighted by Crippen LogP contribution is -2.69. The fourth-order valence-corrected chi connectivity index (χ4v) is 6.45. The average Bonchev–Trinajstić information content (AvgIpc) is 3.15. The lowest BCUT2D eigenvalue weighted by Gasteiger charge is -2.52. The molecule has 1 aliphatic heterocycles. The molecule has 48 heavy (non-hydrogen) atoms. The van der Waals surface area contributed by atoms with Gasteiger partial charge >= 0.3 is 0 Å². The molecule has 0 spiro atoms. The third-order valence-corrected chi connectivity index (χ3v) is 8.91. The van der Waals surface area contributed by atoms with Gasteiger partial charge in [0.15, 0.2) is 0 Å². The maximum Gasteiger partial charge on any atom is 0.113 e. The van der Waals surface area contributed by atoms with Crippen molar-refractivity contribution in [3.63, 3.8) is 0 Å². The van der Waals surface area contributed by atoms with Crippen molar-refractivity contribution in [1.29, 1.82) is 0 Å². The van der Waals surface area contributed by atoms with Gasteiger partial charge in [0.2, 0.25) is 0 Å². The summed E-state index contributed by atoms with van der Waals surface area (Å²) in [6.45, 7) is 2.50. The second kappa shape index (κ2) is 17.9. The van der Waals surface area contributed by atoms with Crippen molar-refractivity contribution in [1.82, 2.24) is 4.90 Å². The Bertz CT molecular complexity index is 1590. The van der Waals surface area contributed by atoms with Crippen LogP contribution in [0.2, 0.25) is 0 Å². The summed E-state index contributed by atoms with van der Waals surface area (Å²) in [5.41, 5.74) is 5.43. The van der Waals surface area contributed by atoms with Gasteiger partial charge in [-0.1, -0.05) is 152 Å². The molecule has 0 aliphatic carbocycles. The van der Waals surface area contributed by atoms with Gasteiger partial charge in [0.25, 0.3) is 0 Å². The largest absolute Gasteiger partial charge is 0.395 e. The van der Waals surface area contributed by atoms with E-state index in [0.29, 0.717) is 39.6 Å². The Hall–Kier alpha value is -4.14. The highest BCUT2D eigenvalue weighted by Crippen LogP contribution is 2.34. The van der Waals surface area contributed by atoms with Crippen LogP contribution in [0.3, 0.4) is 0 Å². The zero-order valence-corrected chi connectivity index (χ0v) is 27.3. The van der Waals surface area contributed by atoms with E-state index < -0.39 is 18.3 Å². The van der Waals surface area contributed by atoms with Gasteiger partial charge in [-0.3, -0.25) is 4.90 Å². The van der Waals surface area contributed by atoms with Crippen LogP contribution in [0, 0.1) is 0 Å². The summed E-state index contributed by atoms with van der Waals surface area (Å²) in [5.74, 6) is 0. The minimum atomic E-state index is -0.493. The second-order valence-electron chi connectivity index (χ2n) is 12.3. The second-order valence-corrected chi connectivity index (χ2v) is 12.3. The van der Waals surface area contributed by atoms with Crippen LogP contribution in [0.15, 0.2) is 152 Å². The first-order chi connectivity index (χ1) is 23.8. The summed E-state index contributed by atoms with van der Waals surface area (Å²) >= 11 is 0. The van der Waals surface area contributed by atoms with Gasteiger partial charge in [-0.2, -0.15) is 0 Å². The standard InChI is InChI=1S/C42H45NO5/c44-27-38-40(46-29-35-20-10-3-11-21-35)42(48-31-37-24-14-5-15-25-37)41(47-30-36-22-12-4-13-23-36)39(32-45-28-34-18-8-2-9-19-34)43(38)26-33-16-6-1-7-17-33/h1-25,38-42,44H,26-32H2/t38-,39-,40-,41+,42+/m0/s1. The van der Waals surface area contributed by atoms with Gasteiger partial charge in [-0.15, -0.1) is 0 Å². The van der Waals surface area contributed by atoms with E-state index in [4.69, 9.17) is 18.9 Å². The number of aliphatic hydroxyl groups is 1. The highest BCUT2D eigenvalue weighted by molar-refractivity contribution is 5.19. The number of hydrogen-bond donors (Lipinski definition) is 1. The molecule has 1 saturated heterocycles. The van der Waals surface area contributed by atoms with E-state index in [1.807, 2.05) is 91.0 Å². The smallest absolute Gasteiger partial charge is 0.113 e. The molecule has 0 radical (unpaired) electrons. The molecule has 6 nitrogen and oxygen atoms in total. The van der Waals surface area contributed by atoms with Crippen molar-refractivity contribution in [3.05, 3.63) is 179 Å². The zero-order valence-electron chi connectivity index (χ0n) is 27.3. The Balaban J connectivity index is 1.37. The quantitative estimate of drug-likeness (QED) is 0.123. The number of nitrogens with zero attached hydrogens (tertiary/aromatic N) is 1. The summed E-state index contributed by atoms with van der Waals surface area (Å²) in [7, 11) is 0. The van der Waals surface area contributed by atoms with Crippen LogP contribution in [0.1, 0.15) is 27.8 Å². The predicted octanol–water partition coefficient (Wildman–Crippen LogP) is 7.20. The van der Waals surface area contributed by atoms with Crippen molar-refractivity contribution >= 4 is 0 Å². The van der Waals surface area contributed by atoms with Crippen LogP contribution in [-0.2, 0) is 51.9 Å². The molecule has 0 bridgehead atoms. The van der Waals surface area contributed by atoms with Crippen LogP contribution in [0.5, 0.6) is 0 Å². The van der Waals surface area contributed by atoms with Crippen molar-refractivity contribution in [2.75, 3.05) is 13.2 Å². The summed E-state index contributed by atoms with van der Waals surface area (Å²) in [4.78, 5) is 2.31. The fraction of sp³-hybridized carbons (Fsp3) is 0.286. The summed E-state index contributed by atoms with van der Waals surface area (Å²) < 4.78 is 27.1. The first kappa shape index (κ1) is 33.7. The topological polar surface area (TPSA) is 60.4 Å². The van der Waals surface area contributed by atoms with E-state index in [1.54, 1.807) is 0 Å². The summed E-state index contributed by atoms with van der Waals surface area (Å²) in [6, 6.07) is 50.5. The first-order valence-electron chi connectivity index (χ1n) is 16.8. The van der Waals surface area contributed by atoms with E-state index >= 15 is 0 Å². The Kier molecular flexibility index (Phi) is 12.6. The maximum atomic E-state index is 11.2. The van der Waals surface area contributed by atoms with E-state index in [1.165, 1.54) is 0 Å². The van der Waals surface area contributed by atoms with Crippen LogP contribution >= 0.6 is 0 Å². The molecule has 1 aliphatic rings. The normalized spacial score (nSPS) is 21.2. The Morgan fingerprint density at radius 1 is 0.417 bits per heavy atom. The number of benzene rings is 5. The number of ether oxygens (including phenoxy) is 4. The molecule has 1 heterocycles. The van der Waals surface area contributed by atoms with Gasteiger partial charge in [0.1, 0.15) is 18.3 Å². The van der Waals surface area contributed by atoms with Crippen LogP contribution in [0.25, 0.3) is 0 Å². The lowest BCUT2D eigenvalue weighted by atomic mass is 9.86. The third-order valence-electron chi connectivity index (χ3n) is 8.91. The van der Waals surface area contributed by atoms with Crippen molar-refractivity contribution in [3.8, 4) is 0 Å². The Morgan fingerprint density at radius 3 is 1.19 bits per heavy atom. The Labute approximate surface area is 284 Å². The van der Waals surface area contributed by atoms with Crippen molar-refractivity contribution in [2.24, 2.45) is 0 Å². The molecule has 5 atom stereocenters. The van der Waals surface area contributed by atoms with Gasteiger partial charge < -0.3 is 24.1 Å². The Morgan fingerprint density at radius 2 is 0.771 bits per heavy atom. The fourth-order valence-electron chi connectivity index (χ4n) is 6.45. The van der Waals surface area contributed by atoms with Crippen LogP contribution in [-0.4, -0.2) is 53.6 Å². The molecule has 0 aromatic heterocycles. The molecule has 248 valence electrons. The number of hydrogen-bond acceptors (Lipinski definition) is 6. The lowest BCUT2D eigenvalue weighted by molar-refractivity contribution is -0.235. The molecule has 6 rings (SSSR count). The van der Waals surface area contributed by atoms with Crippen LogP contribution in [0.4, 0.5) is 0 Å². The molecular formula is C42H45NO5. The highest BCUT2D eigenvalue weighted by atomic mass is 16.6. The number of piperidine rings is 1. The van der Waals surface area contributed by atoms with Crippen LogP contribution < -0.4 is 0 Å². The first-order valence-corrected chi connectivity index (χ1v) is 16.8. The highest BCUT2D eigenvalue weighted by Gasteiger charge is 2.51. The molecule has 0 saturated carbocycles. The van der Waals surface area contributed by atoms with E-state index in [0.717, 1.165) is 27.8 Å². The van der Waals surface area contributed by atoms with E-state index in [9.17, 15) is 5.11 Å². The minimum absolute atomic E-state index is 0.113. The molecule has 6 heteroatoms. The molecule has 1 fully saturated rings. The number of aliphatic hydroxyl groups excluding tert-OH is 1. The maximum absolute atomic E-state index is 11.2. The summed E-state index contributed by atoms with van der Waals surface area (Å²) in [6.07, 6.45) is -1.42. The minimum Gasteiger partial charge on any atom is -0.395 e. The summed E-state index contributed by atoms with van der Waals surface area (Å²) in [5, 5.41) is 11.2. The average molecular weight is 644 g/mol. The zero-order chi connectivity index (χ0) is 32.8. The van der Waals surface area contributed by atoms with E-state index in [2.05, 4.69) is 65.6 Å². The molecule has 5 aromatic carbocycles. The monoisotopic (exact) mass is 643 g/mol. The van der Waals surface area contributed by atoms with Gasteiger partial charge in [-0.25, -0.2) is 0 Å². The third kappa shape index (κ3) is 9.26. The molecule has 5 aromatic rings. The van der Waals surface area contributed by atoms with Gasteiger partial charge in [0, 0.05) is 6.54 Å². The molecule has 1 N–H and O–H groups in total. The van der Waals surface area contributed by atoms with Crippen molar-refractivity contribution in [2.45, 2.75) is 63.4 Å². The molecule has 0 unspecified atom stereocenters. The van der Waals surface area contributed by atoms with Gasteiger partial charge in [-0.05, 0) is 27.8 Å².